The topological polar surface area (TPSA) is 40.5 Å². The monoisotopic (exact) mass is 284 g/mol. The maximum absolute atomic E-state index is 10.1. The lowest BCUT2D eigenvalue weighted by molar-refractivity contribution is -0.00746. The van der Waals surface area contributed by atoms with Crippen molar-refractivity contribution in [3.8, 4) is 11.5 Å². The highest BCUT2D eigenvalue weighted by molar-refractivity contribution is 5.50. The highest BCUT2D eigenvalue weighted by atomic mass is 16.3. The number of phenols is 2. The van der Waals surface area contributed by atoms with Crippen LogP contribution in [0.15, 0.2) is 36.4 Å². The van der Waals surface area contributed by atoms with Crippen molar-refractivity contribution in [2.24, 2.45) is 17.3 Å². The maximum atomic E-state index is 10.1. The second-order valence-corrected chi connectivity index (χ2v) is 7.11. The van der Waals surface area contributed by atoms with Gasteiger partial charge in [0.05, 0.1) is 0 Å². The van der Waals surface area contributed by atoms with Gasteiger partial charge in [-0.05, 0) is 54.6 Å². The molecule has 0 amide bonds. The lowest BCUT2D eigenvalue weighted by Gasteiger charge is -2.56. The van der Waals surface area contributed by atoms with Crippen LogP contribution in [0.4, 0.5) is 0 Å². The molecule has 0 aromatic heterocycles. The fourth-order valence-electron chi connectivity index (χ4n) is 4.06. The van der Waals surface area contributed by atoms with Crippen molar-refractivity contribution in [3.63, 3.8) is 0 Å². The fourth-order valence-corrected chi connectivity index (χ4v) is 4.06. The van der Waals surface area contributed by atoms with E-state index in [2.05, 4.69) is 26.5 Å². The third-order valence-electron chi connectivity index (χ3n) is 5.59. The van der Waals surface area contributed by atoms with Crippen LogP contribution in [0, 0.1) is 17.3 Å². The first kappa shape index (κ1) is 14.2. The number of allylic oxidation sites excluding steroid dienone is 3. The summed E-state index contributed by atoms with van der Waals surface area (Å²) in [7, 11) is 0. The minimum atomic E-state index is -0.0218. The first-order chi connectivity index (χ1) is 9.93. The third kappa shape index (κ3) is 2.27. The van der Waals surface area contributed by atoms with Gasteiger partial charge in [0.15, 0.2) is 11.5 Å². The minimum absolute atomic E-state index is 0.0218. The van der Waals surface area contributed by atoms with Gasteiger partial charge in [0.2, 0.25) is 0 Å². The lowest BCUT2D eigenvalue weighted by atomic mass is 9.48. The Morgan fingerprint density at radius 2 is 2.10 bits per heavy atom. The van der Waals surface area contributed by atoms with Gasteiger partial charge in [0, 0.05) is 5.56 Å². The number of aromatic hydroxyl groups is 2. The highest BCUT2D eigenvalue weighted by Gasteiger charge is 2.50. The van der Waals surface area contributed by atoms with Gasteiger partial charge in [-0.1, -0.05) is 37.6 Å². The molecule has 0 spiro atoms. The van der Waals surface area contributed by atoms with E-state index in [4.69, 9.17) is 0 Å². The van der Waals surface area contributed by atoms with Gasteiger partial charge in [-0.3, -0.25) is 0 Å². The molecule has 1 fully saturated rings. The molecule has 0 radical (unpaired) electrons. The number of phenolic OH excluding ortho intramolecular Hbond substituents is 2. The van der Waals surface area contributed by atoms with Gasteiger partial charge in [-0.25, -0.2) is 0 Å². The summed E-state index contributed by atoms with van der Waals surface area (Å²) in [4.78, 5) is 0. The predicted octanol–water partition coefficient (Wildman–Crippen LogP) is 4.36. The van der Waals surface area contributed by atoms with Gasteiger partial charge >= 0.3 is 0 Å². The average Bonchev–Trinajstić information content (AvgIpc) is 2.44. The van der Waals surface area contributed by atoms with Crippen molar-refractivity contribution < 1.29 is 10.2 Å². The molecule has 0 aliphatic heterocycles. The van der Waals surface area contributed by atoms with Crippen LogP contribution >= 0.6 is 0 Å². The van der Waals surface area contributed by atoms with Crippen molar-refractivity contribution in [2.45, 2.75) is 39.5 Å². The molecular formula is C19H24O2. The summed E-state index contributed by atoms with van der Waals surface area (Å²) in [6.07, 6.45) is 8.04. The van der Waals surface area contributed by atoms with E-state index >= 15 is 0 Å². The summed E-state index contributed by atoms with van der Waals surface area (Å²) in [6, 6.07) is 3.62. The molecule has 0 heterocycles. The SMILES string of the molecule is C=CCc1cc(O)c(O)c(CC2=CC[C@H]3C[C@@H]2C3(C)C)c1. The van der Waals surface area contributed by atoms with Gasteiger partial charge in [0.1, 0.15) is 0 Å². The first-order valence-corrected chi connectivity index (χ1v) is 7.77. The van der Waals surface area contributed by atoms with Crippen molar-refractivity contribution in [2.75, 3.05) is 0 Å². The second-order valence-electron chi connectivity index (χ2n) is 7.11. The minimum Gasteiger partial charge on any atom is -0.504 e. The number of rotatable bonds is 4. The summed E-state index contributed by atoms with van der Waals surface area (Å²) in [5.74, 6) is 1.45. The Morgan fingerprint density at radius 1 is 1.33 bits per heavy atom. The molecule has 112 valence electrons. The quantitative estimate of drug-likeness (QED) is 0.637. The van der Waals surface area contributed by atoms with Gasteiger partial charge < -0.3 is 10.2 Å². The van der Waals surface area contributed by atoms with Crippen molar-refractivity contribution in [1.29, 1.82) is 0 Å². The van der Waals surface area contributed by atoms with E-state index < -0.39 is 0 Å². The van der Waals surface area contributed by atoms with E-state index in [0.29, 0.717) is 17.8 Å². The largest absolute Gasteiger partial charge is 0.504 e. The predicted molar refractivity (Wildman–Crippen MR) is 85.5 cm³/mol. The zero-order chi connectivity index (χ0) is 15.2. The smallest absolute Gasteiger partial charge is 0.161 e. The molecule has 0 saturated heterocycles. The van der Waals surface area contributed by atoms with Crippen LogP contribution in [0.1, 0.15) is 37.8 Å². The summed E-state index contributed by atoms with van der Waals surface area (Å²) < 4.78 is 0. The van der Waals surface area contributed by atoms with Crippen LogP contribution in [-0.4, -0.2) is 10.2 Å². The van der Waals surface area contributed by atoms with E-state index in [1.165, 1.54) is 12.0 Å². The summed E-state index contributed by atoms with van der Waals surface area (Å²) in [6.45, 7) is 8.44. The molecule has 3 aliphatic carbocycles. The van der Waals surface area contributed by atoms with Gasteiger partial charge in [0.25, 0.3) is 0 Å². The Hall–Kier alpha value is -1.70. The number of hydrogen-bond acceptors (Lipinski definition) is 2. The van der Waals surface area contributed by atoms with E-state index in [0.717, 1.165) is 29.9 Å². The highest BCUT2D eigenvalue weighted by Crippen LogP contribution is 2.59. The molecule has 2 atom stereocenters. The number of fused-ring (bicyclic) bond motifs is 1. The summed E-state index contributed by atoms with van der Waals surface area (Å²) in [5.41, 5.74) is 3.64. The Morgan fingerprint density at radius 3 is 2.71 bits per heavy atom. The number of benzene rings is 1. The van der Waals surface area contributed by atoms with E-state index in [-0.39, 0.29) is 11.5 Å². The van der Waals surface area contributed by atoms with Crippen molar-refractivity contribution in [1.82, 2.24) is 0 Å². The van der Waals surface area contributed by atoms with Crippen molar-refractivity contribution in [3.05, 3.63) is 47.6 Å². The molecule has 4 rings (SSSR count). The van der Waals surface area contributed by atoms with Crippen LogP contribution in [0.25, 0.3) is 0 Å². The molecule has 0 unspecified atom stereocenters. The first-order valence-electron chi connectivity index (χ1n) is 7.77. The standard InChI is InChI=1S/C19H24O2/c1-4-5-12-8-14(18(21)17(20)9-12)10-13-6-7-15-11-16(13)19(15,2)3/h4,6,8-9,15-16,20-21H,1,5,7,10-11H2,2-3H3/t15-,16-/m0/s1. The summed E-state index contributed by atoms with van der Waals surface area (Å²) >= 11 is 0. The normalized spacial score (nSPS) is 25.9. The third-order valence-corrected chi connectivity index (χ3v) is 5.59. The molecular weight excluding hydrogens is 260 g/mol. The van der Waals surface area contributed by atoms with Crippen LogP contribution in [-0.2, 0) is 12.8 Å². The lowest BCUT2D eigenvalue weighted by Crippen LogP contribution is -2.48. The van der Waals surface area contributed by atoms with E-state index in [1.54, 1.807) is 6.07 Å². The zero-order valence-corrected chi connectivity index (χ0v) is 12.9. The zero-order valence-electron chi connectivity index (χ0n) is 12.9. The molecule has 1 saturated carbocycles. The Labute approximate surface area is 126 Å². The molecule has 2 bridgehead atoms. The second kappa shape index (κ2) is 4.94. The Kier molecular flexibility index (Phi) is 3.35. The molecule has 1 aromatic rings. The molecule has 2 nitrogen and oxygen atoms in total. The van der Waals surface area contributed by atoms with Crippen LogP contribution in [0.2, 0.25) is 0 Å². The Bertz CT molecular complexity index is 610. The fraction of sp³-hybridized carbons (Fsp3) is 0.474. The molecule has 2 N–H and O–H groups in total. The number of hydrogen-bond donors (Lipinski definition) is 2. The van der Waals surface area contributed by atoms with Crippen LogP contribution in [0.3, 0.4) is 0 Å². The molecule has 3 aliphatic rings. The molecule has 21 heavy (non-hydrogen) atoms. The van der Waals surface area contributed by atoms with Gasteiger partial charge in [-0.2, -0.15) is 0 Å². The van der Waals surface area contributed by atoms with Crippen LogP contribution < -0.4 is 0 Å². The average molecular weight is 284 g/mol. The Balaban J connectivity index is 1.88. The van der Waals surface area contributed by atoms with Crippen LogP contribution in [0.5, 0.6) is 11.5 Å². The van der Waals surface area contributed by atoms with E-state index in [1.807, 2.05) is 12.1 Å². The summed E-state index contributed by atoms with van der Waals surface area (Å²) in [5, 5.41) is 20.1. The molecule has 1 aromatic carbocycles. The van der Waals surface area contributed by atoms with E-state index in [9.17, 15) is 10.2 Å². The molecule has 2 heteroatoms. The van der Waals surface area contributed by atoms with Crippen molar-refractivity contribution >= 4 is 0 Å². The maximum Gasteiger partial charge on any atom is 0.161 e. The van der Waals surface area contributed by atoms with Gasteiger partial charge in [-0.15, -0.1) is 6.58 Å².